The van der Waals surface area contributed by atoms with Gasteiger partial charge < -0.3 is 5.73 Å². The third-order valence-corrected chi connectivity index (χ3v) is 4.18. The standard InChI is InChI=1S/C13H16N2S2/c1-16-11-6-4-10(5-7-11)12-9-17-13(15-12)3-2-8-14/h4-7,9H,2-3,8,14H2,1H3. The summed E-state index contributed by atoms with van der Waals surface area (Å²) < 4.78 is 0. The number of nitrogens with zero attached hydrogens (tertiary/aromatic N) is 1. The second-order valence-corrected chi connectivity index (χ2v) is 5.57. The van der Waals surface area contributed by atoms with Crippen LogP contribution in [0.15, 0.2) is 34.5 Å². The van der Waals surface area contributed by atoms with E-state index in [2.05, 4.69) is 40.9 Å². The van der Waals surface area contributed by atoms with Crippen molar-refractivity contribution in [1.82, 2.24) is 4.98 Å². The van der Waals surface area contributed by atoms with Gasteiger partial charge in [-0.3, -0.25) is 0 Å². The van der Waals surface area contributed by atoms with E-state index >= 15 is 0 Å². The van der Waals surface area contributed by atoms with Crippen molar-refractivity contribution >= 4 is 23.1 Å². The van der Waals surface area contributed by atoms with E-state index in [1.54, 1.807) is 23.1 Å². The van der Waals surface area contributed by atoms with Gasteiger partial charge in [-0.15, -0.1) is 23.1 Å². The molecule has 0 radical (unpaired) electrons. The van der Waals surface area contributed by atoms with E-state index in [1.165, 1.54) is 15.5 Å². The van der Waals surface area contributed by atoms with Crippen molar-refractivity contribution in [2.24, 2.45) is 5.73 Å². The molecule has 1 aromatic carbocycles. The number of aryl methyl sites for hydroxylation is 1. The van der Waals surface area contributed by atoms with Crippen LogP contribution in [0, 0.1) is 0 Å². The minimum atomic E-state index is 0.733. The van der Waals surface area contributed by atoms with Gasteiger partial charge in [0, 0.05) is 22.3 Å². The zero-order valence-electron chi connectivity index (χ0n) is 9.85. The van der Waals surface area contributed by atoms with Crippen LogP contribution in [0.3, 0.4) is 0 Å². The Balaban J connectivity index is 2.12. The Kier molecular flexibility index (Phi) is 4.59. The van der Waals surface area contributed by atoms with Gasteiger partial charge in [-0.1, -0.05) is 12.1 Å². The van der Waals surface area contributed by atoms with E-state index in [0.717, 1.165) is 25.1 Å². The van der Waals surface area contributed by atoms with Crippen molar-refractivity contribution in [3.05, 3.63) is 34.7 Å². The van der Waals surface area contributed by atoms with Crippen molar-refractivity contribution in [3.63, 3.8) is 0 Å². The van der Waals surface area contributed by atoms with Crippen LogP contribution in [-0.2, 0) is 6.42 Å². The Morgan fingerprint density at radius 1 is 1.29 bits per heavy atom. The van der Waals surface area contributed by atoms with Crippen molar-refractivity contribution < 1.29 is 0 Å². The smallest absolute Gasteiger partial charge is 0.0933 e. The lowest BCUT2D eigenvalue weighted by Gasteiger charge is -1.98. The van der Waals surface area contributed by atoms with E-state index < -0.39 is 0 Å². The molecule has 0 aliphatic heterocycles. The van der Waals surface area contributed by atoms with Gasteiger partial charge in [-0.05, 0) is 31.4 Å². The molecule has 0 spiro atoms. The molecule has 4 heteroatoms. The van der Waals surface area contributed by atoms with E-state index in [9.17, 15) is 0 Å². The number of benzene rings is 1. The molecule has 0 unspecified atom stereocenters. The van der Waals surface area contributed by atoms with Gasteiger partial charge in [-0.2, -0.15) is 0 Å². The summed E-state index contributed by atoms with van der Waals surface area (Å²) in [6.07, 6.45) is 4.09. The first kappa shape index (κ1) is 12.6. The highest BCUT2D eigenvalue weighted by atomic mass is 32.2. The normalized spacial score (nSPS) is 10.7. The molecule has 0 aliphatic carbocycles. The average molecular weight is 264 g/mol. The molecule has 2 rings (SSSR count). The van der Waals surface area contributed by atoms with Crippen LogP contribution in [0.5, 0.6) is 0 Å². The fourth-order valence-electron chi connectivity index (χ4n) is 1.57. The van der Waals surface area contributed by atoms with Crippen LogP contribution in [0.4, 0.5) is 0 Å². The molecule has 17 heavy (non-hydrogen) atoms. The lowest BCUT2D eigenvalue weighted by atomic mass is 10.2. The molecule has 0 saturated carbocycles. The van der Waals surface area contributed by atoms with Gasteiger partial charge in [0.2, 0.25) is 0 Å². The number of hydrogen-bond acceptors (Lipinski definition) is 4. The molecule has 1 heterocycles. The predicted octanol–water partition coefficient (Wildman–Crippen LogP) is 3.42. The number of hydrogen-bond donors (Lipinski definition) is 1. The van der Waals surface area contributed by atoms with Gasteiger partial charge in [0.05, 0.1) is 10.7 Å². The van der Waals surface area contributed by atoms with E-state index in [4.69, 9.17) is 5.73 Å². The minimum absolute atomic E-state index is 0.733. The summed E-state index contributed by atoms with van der Waals surface area (Å²) in [6.45, 7) is 0.733. The first-order chi connectivity index (χ1) is 8.33. The molecule has 0 fully saturated rings. The molecule has 90 valence electrons. The lowest BCUT2D eigenvalue weighted by molar-refractivity contribution is 0.827. The van der Waals surface area contributed by atoms with Crippen molar-refractivity contribution in [1.29, 1.82) is 0 Å². The van der Waals surface area contributed by atoms with E-state index in [-0.39, 0.29) is 0 Å². The quantitative estimate of drug-likeness (QED) is 0.841. The summed E-state index contributed by atoms with van der Waals surface area (Å²) >= 11 is 3.48. The molecule has 0 amide bonds. The third-order valence-electron chi connectivity index (χ3n) is 2.53. The predicted molar refractivity (Wildman–Crippen MR) is 76.7 cm³/mol. The fourth-order valence-corrected chi connectivity index (χ4v) is 2.83. The van der Waals surface area contributed by atoms with Crippen molar-refractivity contribution in [2.75, 3.05) is 12.8 Å². The largest absolute Gasteiger partial charge is 0.330 e. The van der Waals surface area contributed by atoms with Gasteiger partial charge in [-0.25, -0.2) is 4.98 Å². The molecule has 0 bridgehead atoms. The second-order valence-electron chi connectivity index (χ2n) is 3.75. The van der Waals surface area contributed by atoms with E-state index in [0.29, 0.717) is 0 Å². The van der Waals surface area contributed by atoms with Crippen molar-refractivity contribution in [3.8, 4) is 11.3 Å². The zero-order chi connectivity index (χ0) is 12.1. The third kappa shape index (κ3) is 3.31. The molecular formula is C13H16N2S2. The maximum absolute atomic E-state index is 5.50. The minimum Gasteiger partial charge on any atom is -0.330 e. The van der Waals surface area contributed by atoms with Crippen LogP contribution >= 0.6 is 23.1 Å². The number of aromatic nitrogens is 1. The highest BCUT2D eigenvalue weighted by Gasteiger charge is 2.04. The molecule has 2 aromatic rings. The van der Waals surface area contributed by atoms with E-state index in [1.807, 2.05) is 0 Å². The summed E-state index contributed by atoms with van der Waals surface area (Å²) in [5, 5.41) is 3.30. The topological polar surface area (TPSA) is 38.9 Å². The first-order valence-corrected chi connectivity index (χ1v) is 7.73. The van der Waals surface area contributed by atoms with Gasteiger partial charge >= 0.3 is 0 Å². The molecule has 2 N–H and O–H groups in total. The number of thioether (sulfide) groups is 1. The molecule has 1 aromatic heterocycles. The molecular weight excluding hydrogens is 248 g/mol. The summed E-state index contributed by atoms with van der Waals surface area (Å²) in [5.41, 5.74) is 7.77. The fraction of sp³-hybridized carbons (Fsp3) is 0.308. The summed E-state index contributed by atoms with van der Waals surface area (Å²) in [6, 6.07) is 8.54. The monoisotopic (exact) mass is 264 g/mol. The van der Waals surface area contributed by atoms with Gasteiger partial charge in [0.15, 0.2) is 0 Å². The van der Waals surface area contributed by atoms with Crippen LogP contribution < -0.4 is 5.73 Å². The second kappa shape index (κ2) is 6.19. The Labute approximate surface area is 110 Å². The summed E-state index contributed by atoms with van der Waals surface area (Å²) in [5.74, 6) is 0. The Morgan fingerprint density at radius 3 is 2.71 bits per heavy atom. The highest BCUT2D eigenvalue weighted by molar-refractivity contribution is 7.98. The number of nitrogens with two attached hydrogens (primary N) is 1. The Morgan fingerprint density at radius 2 is 2.06 bits per heavy atom. The van der Waals surface area contributed by atoms with Gasteiger partial charge in [0.1, 0.15) is 0 Å². The SMILES string of the molecule is CSc1ccc(-c2csc(CCCN)n2)cc1. The first-order valence-electron chi connectivity index (χ1n) is 5.62. The van der Waals surface area contributed by atoms with Crippen LogP contribution in [0.1, 0.15) is 11.4 Å². The van der Waals surface area contributed by atoms with Crippen LogP contribution in [0.2, 0.25) is 0 Å². The average Bonchev–Trinajstić information content (AvgIpc) is 2.85. The van der Waals surface area contributed by atoms with Crippen molar-refractivity contribution in [2.45, 2.75) is 17.7 Å². The Hall–Kier alpha value is -0.840. The molecule has 2 nitrogen and oxygen atoms in total. The number of thiazole rings is 1. The molecule has 0 saturated heterocycles. The summed E-state index contributed by atoms with van der Waals surface area (Å²) in [7, 11) is 0. The maximum Gasteiger partial charge on any atom is 0.0933 e. The zero-order valence-corrected chi connectivity index (χ0v) is 11.5. The molecule has 0 atom stereocenters. The van der Waals surface area contributed by atoms with Gasteiger partial charge in [0.25, 0.3) is 0 Å². The Bertz CT molecular complexity index is 463. The lowest BCUT2D eigenvalue weighted by Crippen LogP contribution is -1.99. The van der Waals surface area contributed by atoms with Crippen LogP contribution in [0.25, 0.3) is 11.3 Å². The maximum atomic E-state index is 5.50. The number of rotatable bonds is 5. The summed E-state index contributed by atoms with van der Waals surface area (Å²) in [4.78, 5) is 5.91. The molecule has 0 aliphatic rings. The highest BCUT2D eigenvalue weighted by Crippen LogP contribution is 2.24. The van der Waals surface area contributed by atoms with Crippen LogP contribution in [-0.4, -0.2) is 17.8 Å².